The second-order valence-corrected chi connectivity index (χ2v) is 9.06. The number of thioether (sulfide) groups is 2. The molecule has 5 nitrogen and oxygen atoms in total. The zero-order valence-electron chi connectivity index (χ0n) is 13.4. The highest BCUT2D eigenvalue weighted by molar-refractivity contribution is 8.19. The van der Waals surface area contributed by atoms with Gasteiger partial charge < -0.3 is 4.74 Å². The lowest BCUT2D eigenvalue weighted by atomic mass is 10.2. The molecule has 0 atom stereocenters. The fourth-order valence-electron chi connectivity index (χ4n) is 2.43. The second-order valence-electron chi connectivity index (χ2n) is 5.47. The van der Waals surface area contributed by atoms with Gasteiger partial charge in [0.2, 0.25) is 0 Å². The van der Waals surface area contributed by atoms with Crippen LogP contribution in [-0.4, -0.2) is 32.2 Å². The molecule has 0 N–H and O–H groups in total. The molecule has 1 aliphatic rings. The van der Waals surface area contributed by atoms with Crippen molar-refractivity contribution < 1.29 is 9.53 Å². The van der Waals surface area contributed by atoms with Crippen LogP contribution >= 0.6 is 34.9 Å². The van der Waals surface area contributed by atoms with Gasteiger partial charge in [-0.3, -0.25) is 4.68 Å². The molecule has 25 heavy (non-hydrogen) atoms. The van der Waals surface area contributed by atoms with E-state index in [1.165, 1.54) is 28.4 Å². The summed E-state index contributed by atoms with van der Waals surface area (Å²) in [4.78, 5) is 16.7. The van der Waals surface area contributed by atoms with Crippen LogP contribution in [0.1, 0.15) is 20.6 Å². The zero-order valence-corrected chi connectivity index (χ0v) is 15.9. The van der Waals surface area contributed by atoms with Crippen molar-refractivity contribution in [2.45, 2.75) is 4.58 Å². The van der Waals surface area contributed by atoms with Crippen LogP contribution in [0.5, 0.6) is 5.75 Å². The number of carbonyl (C=O) groups is 1. The van der Waals surface area contributed by atoms with E-state index in [0.717, 1.165) is 10.6 Å². The topological polar surface area (TPSA) is 57.0 Å². The number of carbonyl (C=O) groups excluding carboxylic acids is 1. The van der Waals surface area contributed by atoms with Gasteiger partial charge in [0.1, 0.15) is 10.8 Å². The summed E-state index contributed by atoms with van der Waals surface area (Å²) in [7, 11) is 1.85. The van der Waals surface area contributed by atoms with Gasteiger partial charge in [-0.25, -0.2) is 9.78 Å². The Kier molecular flexibility index (Phi) is 4.82. The third-order valence-electron chi connectivity index (χ3n) is 3.65. The molecular formula is C17H15N3O2S3. The minimum Gasteiger partial charge on any atom is -0.422 e. The zero-order chi connectivity index (χ0) is 17.2. The summed E-state index contributed by atoms with van der Waals surface area (Å²) in [6, 6.07) is 7.75. The van der Waals surface area contributed by atoms with Crippen molar-refractivity contribution >= 4 is 40.8 Å². The molecule has 1 aliphatic heterocycles. The van der Waals surface area contributed by atoms with Gasteiger partial charge in [0, 0.05) is 35.7 Å². The first kappa shape index (κ1) is 16.7. The Morgan fingerprint density at radius 3 is 2.68 bits per heavy atom. The summed E-state index contributed by atoms with van der Waals surface area (Å²) >= 11 is 5.31. The number of ether oxygens (including phenoxy) is 1. The second kappa shape index (κ2) is 7.23. The number of nitrogens with zero attached hydrogens (tertiary/aromatic N) is 3. The number of benzene rings is 1. The Bertz CT molecular complexity index is 883. The van der Waals surface area contributed by atoms with Gasteiger partial charge in [-0.05, 0) is 17.7 Å². The van der Waals surface area contributed by atoms with Crippen LogP contribution in [0.15, 0.2) is 42.0 Å². The molecular weight excluding hydrogens is 374 g/mol. The van der Waals surface area contributed by atoms with E-state index in [1.54, 1.807) is 16.3 Å². The summed E-state index contributed by atoms with van der Waals surface area (Å²) in [5, 5.41) is 6.59. The first-order valence-electron chi connectivity index (χ1n) is 7.69. The molecule has 2 aromatic heterocycles. The Balaban J connectivity index is 1.44. The smallest absolute Gasteiger partial charge is 0.363 e. The number of hydrogen-bond donors (Lipinski definition) is 0. The number of rotatable bonds is 4. The molecule has 3 heterocycles. The molecule has 1 saturated heterocycles. The molecule has 8 heteroatoms. The highest BCUT2D eigenvalue weighted by Crippen LogP contribution is 2.45. The lowest BCUT2D eigenvalue weighted by Gasteiger charge is -2.09. The third kappa shape index (κ3) is 3.75. The number of thiazole rings is 1. The number of aryl methyl sites for hydroxylation is 1. The van der Waals surface area contributed by atoms with Crippen molar-refractivity contribution in [2.24, 2.45) is 7.05 Å². The van der Waals surface area contributed by atoms with Gasteiger partial charge in [0.15, 0.2) is 5.69 Å². The van der Waals surface area contributed by atoms with Crippen LogP contribution in [0.25, 0.3) is 10.6 Å². The van der Waals surface area contributed by atoms with Crippen molar-refractivity contribution in [3.05, 3.63) is 53.3 Å². The molecule has 1 aromatic carbocycles. The van der Waals surface area contributed by atoms with Crippen LogP contribution in [0.4, 0.5) is 0 Å². The first-order valence-corrected chi connectivity index (χ1v) is 10.7. The lowest BCUT2D eigenvalue weighted by molar-refractivity contribution is 0.0729. The van der Waals surface area contributed by atoms with Crippen molar-refractivity contribution in [3.8, 4) is 16.3 Å². The summed E-state index contributed by atoms with van der Waals surface area (Å²) in [6.45, 7) is 0. The Hall–Kier alpha value is -1.77. The Labute approximate surface area is 157 Å². The van der Waals surface area contributed by atoms with Crippen molar-refractivity contribution in [2.75, 3.05) is 11.5 Å². The van der Waals surface area contributed by atoms with Gasteiger partial charge >= 0.3 is 5.97 Å². The van der Waals surface area contributed by atoms with Crippen molar-refractivity contribution in [1.82, 2.24) is 14.8 Å². The summed E-state index contributed by atoms with van der Waals surface area (Å²) in [5.74, 6) is 2.48. The van der Waals surface area contributed by atoms with E-state index in [9.17, 15) is 4.79 Å². The van der Waals surface area contributed by atoms with E-state index in [4.69, 9.17) is 4.74 Å². The van der Waals surface area contributed by atoms with Gasteiger partial charge in [0.25, 0.3) is 0 Å². The van der Waals surface area contributed by atoms with Crippen LogP contribution in [-0.2, 0) is 7.05 Å². The normalized spacial score (nSPS) is 14.8. The molecule has 0 aliphatic carbocycles. The minimum absolute atomic E-state index is 0.315. The molecule has 0 amide bonds. The standard InChI is InChI=1S/C17H15N3O2S3/c1-20-9-12(8-18-20)15-19-14(10-25-15)16(21)22-13-4-2-11(3-5-13)17-23-6-7-24-17/h2-5,8-10,17H,6-7H2,1H3. The highest BCUT2D eigenvalue weighted by Gasteiger charge is 2.19. The summed E-state index contributed by atoms with van der Waals surface area (Å²) in [5.41, 5.74) is 2.47. The average Bonchev–Trinajstić information content (AvgIpc) is 3.36. The van der Waals surface area contributed by atoms with Gasteiger partial charge in [-0.1, -0.05) is 12.1 Å². The predicted molar refractivity (Wildman–Crippen MR) is 103 cm³/mol. The third-order valence-corrected chi connectivity index (χ3v) is 7.65. The maximum Gasteiger partial charge on any atom is 0.363 e. The molecule has 0 radical (unpaired) electrons. The van der Waals surface area contributed by atoms with Crippen molar-refractivity contribution in [1.29, 1.82) is 0 Å². The van der Waals surface area contributed by atoms with E-state index in [2.05, 4.69) is 10.1 Å². The maximum atomic E-state index is 12.3. The van der Waals surface area contributed by atoms with Crippen molar-refractivity contribution in [3.63, 3.8) is 0 Å². The first-order chi connectivity index (χ1) is 12.2. The number of hydrogen-bond acceptors (Lipinski definition) is 7. The van der Waals surface area contributed by atoms with Gasteiger partial charge in [-0.15, -0.1) is 34.9 Å². The van der Waals surface area contributed by atoms with Crippen LogP contribution in [0.3, 0.4) is 0 Å². The Morgan fingerprint density at radius 2 is 2.00 bits per heavy atom. The largest absolute Gasteiger partial charge is 0.422 e. The maximum absolute atomic E-state index is 12.3. The predicted octanol–water partition coefficient (Wildman–Crippen LogP) is 4.24. The highest BCUT2D eigenvalue weighted by atomic mass is 32.2. The minimum atomic E-state index is -0.441. The number of aromatic nitrogens is 3. The average molecular weight is 390 g/mol. The van der Waals surface area contributed by atoms with E-state index < -0.39 is 5.97 Å². The Morgan fingerprint density at radius 1 is 1.24 bits per heavy atom. The quantitative estimate of drug-likeness (QED) is 0.491. The van der Waals surface area contributed by atoms with Crippen LogP contribution in [0, 0.1) is 0 Å². The van der Waals surface area contributed by atoms with Gasteiger partial charge in [-0.2, -0.15) is 5.10 Å². The van der Waals surface area contributed by atoms with E-state index in [0.29, 0.717) is 16.0 Å². The molecule has 0 saturated carbocycles. The van der Waals surface area contributed by atoms with Gasteiger partial charge in [0.05, 0.1) is 10.8 Å². The number of esters is 1. The fourth-order valence-corrected chi connectivity index (χ4v) is 6.06. The molecule has 0 unspecified atom stereocenters. The van der Waals surface area contributed by atoms with Crippen LogP contribution in [0.2, 0.25) is 0 Å². The van der Waals surface area contributed by atoms with E-state index >= 15 is 0 Å². The molecule has 4 rings (SSSR count). The summed E-state index contributed by atoms with van der Waals surface area (Å²) in [6.07, 6.45) is 3.59. The monoisotopic (exact) mass is 389 g/mol. The van der Waals surface area contributed by atoms with E-state index in [-0.39, 0.29) is 0 Å². The molecule has 128 valence electrons. The molecule has 0 bridgehead atoms. The lowest BCUT2D eigenvalue weighted by Crippen LogP contribution is -2.08. The molecule has 0 spiro atoms. The van der Waals surface area contributed by atoms with Crippen LogP contribution < -0.4 is 4.74 Å². The SMILES string of the molecule is Cn1cc(-c2nc(C(=O)Oc3ccc(C4SCCS4)cc3)cs2)cn1. The molecule has 1 fully saturated rings. The summed E-state index contributed by atoms with van der Waals surface area (Å²) < 4.78 is 7.64. The molecule has 3 aromatic rings. The fraction of sp³-hybridized carbons (Fsp3) is 0.235. The van der Waals surface area contributed by atoms with E-state index in [1.807, 2.05) is 61.0 Å².